The number of imidazole rings is 1. The number of aromatic nitrogens is 4. The summed E-state index contributed by atoms with van der Waals surface area (Å²) in [5.41, 5.74) is 0.348. The van der Waals surface area contributed by atoms with E-state index in [-0.39, 0.29) is 22.4 Å². The Bertz CT molecular complexity index is 1230. The second kappa shape index (κ2) is 7.32. The summed E-state index contributed by atoms with van der Waals surface area (Å²) in [4.78, 5) is 66.8. The molecule has 3 heterocycles. The number of rotatable bonds is 3. The van der Waals surface area contributed by atoms with Crippen LogP contribution in [0.2, 0.25) is 0 Å². The van der Waals surface area contributed by atoms with Crippen molar-refractivity contribution in [2.75, 3.05) is 0 Å². The second-order valence-electron chi connectivity index (χ2n) is 8.22. The highest BCUT2D eigenvalue weighted by molar-refractivity contribution is 9.10. The van der Waals surface area contributed by atoms with Gasteiger partial charge in [-0.15, -0.1) is 0 Å². The van der Waals surface area contributed by atoms with E-state index < -0.39 is 34.6 Å². The number of imide groups is 1. The SMILES string of the molecule is CC1CCC2(CC1)NC(=O)N(NC(=O)Cn1c(Br)nc3c(=O)n(C)c(=O)n(C)c31)C2=O. The maximum Gasteiger partial charge on any atom is 0.344 e. The van der Waals surface area contributed by atoms with Gasteiger partial charge in [0.25, 0.3) is 17.4 Å². The molecule has 0 aromatic carbocycles. The lowest BCUT2D eigenvalue weighted by atomic mass is 9.77. The zero-order chi connectivity index (χ0) is 22.7. The van der Waals surface area contributed by atoms with Crippen molar-refractivity contribution in [1.82, 2.24) is 34.4 Å². The van der Waals surface area contributed by atoms with Crippen molar-refractivity contribution >= 4 is 44.9 Å². The summed E-state index contributed by atoms with van der Waals surface area (Å²) in [5.74, 6) is -0.684. The van der Waals surface area contributed by atoms with E-state index in [4.69, 9.17) is 0 Å². The van der Waals surface area contributed by atoms with Crippen LogP contribution in [0.25, 0.3) is 11.2 Å². The number of carbonyl (C=O) groups is 3. The molecule has 1 aliphatic carbocycles. The lowest BCUT2D eigenvalue weighted by Gasteiger charge is -2.33. The van der Waals surface area contributed by atoms with Gasteiger partial charge in [-0.1, -0.05) is 6.92 Å². The second-order valence-corrected chi connectivity index (χ2v) is 8.92. The molecule has 1 saturated carbocycles. The molecule has 31 heavy (non-hydrogen) atoms. The van der Waals surface area contributed by atoms with Gasteiger partial charge in [-0.2, -0.15) is 5.01 Å². The number of urea groups is 1. The number of fused-ring (bicyclic) bond motifs is 1. The summed E-state index contributed by atoms with van der Waals surface area (Å²) in [6.07, 6.45) is 2.66. The quantitative estimate of drug-likeness (QED) is 0.443. The molecule has 1 saturated heterocycles. The van der Waals surface area contributed by atoms with E-state index >= 15 is 0 Å². The Balaban J connectivity index is 1.59. The van der Waals surface area contributed by atoms with Crippen LogP contribution in [0.15, 0.2) is 14.3 Å². The van der Waals surface area contributed by atoms with Gasteiger partial charge in [0.05, 0.1) is 0 Å². The zero-order valence-electron chi connectivity index (χ0n) is 17.3. The first-order valence-electron chi connectivity index (χ1n) is 9.83. The van der Waals surface area contributed by atoms with E-state index in [1.54, 1.807) is 0 Å². The average molecular weight is 496 g/mol. The normalized spacial score (nSPS) is 23.6. The van der Waals surface area contributed by atoms with E-state index in [1.807, 2.05) is 0 Å². The highest BCUT2D eigenvalue weighted by atomic mass is 79.9. The van der Waals surface area contributed by atoms with Gasteiger partial charge >= 0.3 is 11.7 Å². The molecule has 2 aromatic rings. The van der Waals surface area contributed by atoms with E-state index in [0.717, 1.165) is 17.4 Å². The van der Waals surface area contributed by atoms with E-state index in [1.165, 1.54) is 23.2 Å². The van der Waals surface area contributed by atoms with Crippen molar-refractivity contribution in [3.8, 4) is 0 Å². The summed E-state index contributed by atoms with van der Waals surface area (Å²) in [6.45, 7) is 1.72. The number of nitrogens with one attached hydrogen (secondary N) is 2. The molecular formula is C18H22BrN7O5. The summed E-state index contributed by atoms with van der Waals surface area (Å²) in [6, 6.07) is -0.677. The summed E-state index contributed by atoms with van der Waals surface area (Å²) < 4.78 is 3.60. The summed E-state index contributed by atoms with van der Waals surface area (Å²) in [5, 5.41) is 3.44. The van der Waals surface area contributed by atoms with Crippen LogP contribution in [0.4, 0.5) is 4.79 Å². The van der Waals surface area contributed by atoms with Gasteiger partial charge in [-0.05, 0) is 47.5 Å². The molecule has 1 aliphatic heterocycles. The van der Waals surface area contributed by atoms with Gasteiger partial charge in [0.1, 0.15) is 12.1 Å². The fraction of sp³-hybridized carbons (Fsp3) is 0.556. The molecule has 1 spiro atoms. The first-order valence-corrected chi connectivity index (χ1v) is 10.6. The minimum atomic E-state index is -0.977. The van der Waals surface area contributed by atoms with E-state index in [0.29, 0.717) is 23.8 Å². The third-order valence-corrected chi connectivity index (χ3v) is 6.73. The molecule has 2 aliphatic rings. The van der Waals surface area contributed by atoms with Gasteiger partial charge in [-0.25, -0.2) is 14.6 Å². The number of hydrogen-bond acceptors (Lipinski definition) is 6. The highest BCUT2D eigenvalue weighted by Gasteiger charge is 2.52. The fourth-order valence-corrected chi connectivity index (χ4v) is 4.69. The van der Waals surface area contributed by atoms with E-state index in [9.17, 15) is 24.0 Å². The minimum Gasteiger partial charge on any atom is -0.322 e. The van der Waals surface area contributed by atoms with Crippen LogP contribution in [0.5, 0.6) is 0 Å². The van der Waals surface area contributed by atoms with Crippen LogP contribution < -0.4 is 22.0 Å². The monoisotopic (exact) mass is 495 g/mol. The van der Waals surface area contributed by atoms with Crippen molar-refractivity contribution in [3.05, 3.63) is 25.6 Å². The predicted octanol–water partition coefficient (Wildman–Crippen LogP) is -0.272. The van der Waals surface area contributed by atoms with E-state index in [2.05, 4.69) is 38.6 Å². The molecule has 0 unspecified atom stereocenters. The number of carbonyl (C=O) groups excluding carboxylic acids is 3. The molecule has 2 aromatic heterocycles. The van der Waals surface area contributed by atoms with Gasteiger partial charge in [0.2, 0.25) is 0 Å². The molecule has 0 bridgehead atoms. The molecule has 0 atom stereocenters. The Morgan fingerprint density at radius 3 is 2.48 bits per heavy atom. The third-order valence-electron chi connectivity index (χ3n) is 6.12. The number of hydrazine groups is 1. The number of aryl methyl sites for hydroxylation is 1. The Morgan fingerprint density at radius 2 is 1.84 bits per heavy atom. The summed E-state index contributed by atoms with van der Waals surface area (Å²) in [7, 11) is 2.79. The lowest BCUT2D eigenvalue weighted by molar-refractivity contribution is -0.140. The fourth-order valence-electron chi connectivity index (χ4n) is 4.22. The zero-order valence-corrected chi connectivity index (χ0v) is 18.9. The van der Waals surface area contributed by atoms with Crippen LogP contribution in [-0.4, -0.2) is 47.1 Å². The van der Waals surface area contributed by atoms with Crippen molar-refractivity contribution in [1.29, 1.82) is 0 Å². The largest absolute Gasteiger partial charge is 0.344 e. The first kappa shape index (κ1) is 21.3. The Kier molecular flexibility index (Phi) is 5.03. The summed E-state index contributed by atoms with van der Waals surface area (Å²) >= 11 is 3.20. The van der Waals surface area contributed by atoms with Gasteiger partial charge in [0.15, 0.2) is 15.9 Å². The number of halogens is 1. The molecule has 2 N–H and O–H groups in total. The van der Waals surface area contributed by atoms with Gasteiger partial charge < -0.3 is 5.32 Å². The number of hydrogen-bond donors (Lipinski definition) is 2. The maximum absolute atomic E-state index is 12.9. The number of nitrogens with zero attached hydrogens (tertiary/aromatic N) is 5. The van der Waals surface area contributed by atoms with Crippen LogP contribution in [0.3, 0.4) is 0 Å². The maximum atomic E-state index is 12.9. The first-order chi connectivity index (χ1) is 14.6. The minimum absolute atomic E-state index is 0.00884. The lowest BCUT2D eigenvalue weighted by Crippen LogP contribution is -2.52. The van der Waals surface area contributed by atoms with Gasteiger partial charge in [0, 0.05) is 14.1 Å². The molecule has 166 valence electrons. The van der Waals surface area contributed by atoms with Crippen molar-refractivity contribution in [3.63, 3.8) is 0 Å². The third kappa shape index (κ3) is 3.27. The molecule has 4 rings (SSSR count). The molecule has 12 nitrogen and oxygen atoms in total. The Labute approximate surface area is 184 Å². The Hall–Kier alpha value is -2.96. The van der Waals surface area contributed by atoms with Gasteiger partial charge in [-0.3, -0.25) is 33.5 Å². The highest BCUT2D eigenvalue weighted by Crippen LogP contribution is 2.35. The molecular weight excluding hydrogens is 474 g/mol. The molecule has 2 fully saturated rings. The van der Waals surface area contributed by atoms with Crippen LogP contribution in [0.1, 0.15) is 32.6 Å². The molecule has 13 heteroatoms. The predicted molar refractivity (Wildman–Crippen MR) is 112 cm³/mol. The molecule has 0 radical (unpaired) electrons. The Morgan fingerprint density at radius 1 is 1.19 bits per heavy atom. The van der Waals surface area contributed by atoms with Crippen LogP contribution in [0, 0.1) is 5.92 Å². The van der Waals surface area contributed by atoms with Crippen molar-refractivity contribution in [2.45, 2.75) is 44.7 Å². The van der Waals surface area contributed by atoms with Crippen LogP contribution >= 0.6 is 15.9 Å². The van der Waals surface area contributed by atoms with Crippen molar-refractivity contribution in [2.24, 2.45) is 20.0 Å². The average Bonchev–Trinajstić information content (AvgIpc) is 3.16. The molecule has 4 amide bonds. The smallest absolute Gasteiger partial charge is 0.322 e. The topological polar surface area (TPSA) is 140 Å². The van der Waals surface area contributed by atoms with Crippen LogP contribution in [-0.2, 0) is 30.2 Å². The van der Waals surface area contributed by atoms with Crippen molar-refractivity contribution < 1.29 is 14.4 Å². The number of amides is 4. The standard InChI is InChI=1S/C18H22BrN7O5/c1-9-4-6-18(7-5-9)14(29)26(16(30)21-18)22-10(27)8-25-12-11(20-15(25)19)13(28)24(3)17(31)23(12)2/h9H,4-8H2,1-3H3,(H,21,30)(H,22,27).